The minimum absolute atomic E-state index is 0.0484. The lowest BCUT2D eigenvalue weighted by molar-refractivity contribution is 0.134. The van der Waals surface area contributed by atoms with E-state index in [4.69, 9.17) is 21.1 Å². The maximum atomic E-state index is 5.79. The van der Waals surface area contributed by atoms with E-state index in [1.54, 1.807) is 6.20 Å². The van der Waals surface area contributed by atoms with Crippen LogP contribution in [0.25, 0.3) is 0 Å². The third kappa shape index (κ3) is 2.34. The second-order valence-corrected chi connectivity index (χ2v) is 4.11. The maximum absolute atomic E-state index is 5.79. The molecule has 0 aromatic carbocycles. The lowest BCUT2D eigenvalue weighted by Gasteiger charge is -2.09. The van der Waals surface area contributed by atoms with Crippen LogP contribution in [0, 0.1) is 0 Å². The molecule has 0 saturated carbocycles. The van der Waals surface area contributed by atoms with Gasteiger partial charge in [-0.15, -0.1) is 0 Å². The van der Waals surface area contributed by atoms with E-state index in [0.29, 0.717) is 22.2 Å². The number of hydrogen-bond acceptors (Lipinski definition) is 4. The lowest BCUT2D eigenvalue weighted by Crippen LogP contribution is -2.17. The van der Waals surface area contributed by atoms with Crippen molar-refractivity contribution in [3.63, 3.8) is 0 Å². The molecule has 1 aliphatic heterocycles. The Morgan fingerprint density at radius 3 is 3.14 bits per heavy atom. The zero-order valence-corrected chi connectivity index (χ0v) is 9.58. The molecule has 1 aliphatic rings. The van der Waals surface area contributed by atoms with Crippen molar-refractivity contribution in [3.05, 3.63) is 15.8 Å². The highest BCUT2D eigenvalue weighted by Gasteiger charge is 2.18. The van der Waals surface area contributed by atoms with Crippen LogP contribution in [0.3, 0.4) is 0 Å². The van der Waals surface area contributed by atoms with Crippen LogP contribution >= 0.6 is 27.5 Å². The van der Waals surface area contributed by atoms with Gasteiger partial charge in [0.2, 0.25) is 0 Å². The summed E-state index contributed by atoms with van der Waals surface area (Å²) in [6, 6.07) is 0.300. The van der Waals surface area contributed by atoms with Crippen molar-refractivity contribution in [2.45, 2.75) is 12.5 Å². The molecule has 2 rings (SSSR count). The van der Waals surface area contributed by atoms with E-state index >= 15 is 0 Å². The number of nitrogens with zero attached hydrogens (tertiary/aromatic N) is 2. The lowest BCUT2D eigenvalue weighted by atomic mass is 10.3. The van der Waals surface area contributed by atoms with E-state index in [2.05, 4.69) is 25.9 Å². The molecule has 6 heteroatoms. The van der Waals surface area contributed by atoms with Crippen molar-refractivity contribution in [3.8, 4) is 6.01 Å². The standard InChI is InChI=1S/C8H8BrClN2O2/c9-6-3-11-8(12-7(6)10)14-5-1-2-13-4-5/h3,5H,1-2,4H2. The van der Waals surface area contributed by atoms with Gasteiger partial charge in [0.05, 0.1) is 17.7 Å². The maximum Gasteiger partial charge on any atom is 0.318 e. The van der Waals surface area contributed by atoms with Gasteiger partial charge in [-0.05, 0) is 15.9 Å². The van der Waals surface area contributed by atoms with Crippen LogP contribution in [-0.2, 0) is 4.74 Å². The molecule has 14 heavy (non-hydrogen) atoms. The van der Waals surface area contributed by atoms with Crippen LogP contribution in [-0.4, -0.2) is 29.3 Å². The van der Waals surface area contributed by atoms with E-state index < -0.39 is 0 Å². The Kier molecular flexibility index (Phi) is 3.20. The number of ether oxygens (including phenoxy) is 2. The van der Waals surface area contributed by atoms with Gasteiger partial charge in [-0.3, -0.25) is 0 Å². The number of aromatic nitrogens is 2. The van der Waals surface area contributed by atoms with Crippen molar-refractivity contribution in [2.24, 2.45) is 0 Å². The first kappa shape index (κ1) is 10.1. The van der Waals surface area contributed by atoms with Gasteiger partial charge in [0, 0.05) is 12.6 Å². The predicted octanol–water partition coefficient (Wildman–Crippen LogP) is 2.06. The van der Waals surface area contributed by atoms with Gasteiger partial charge in [0.1, 0.15) is 6.10 Å². The largest absolute Gasteiger partial charge is 0.458 e. The summed E-state index contributed by atoms with van der Waals surface area (Å²) in [6.45, 7) is 1.33. The SMILES string of the molecule is Clc1nc(OC2CCOC2)ncc1Br. The monoisotopic (exact) mass is 278 g/mol. The Labute approximate surface area is 94.7 Å². The fraction of sp³-hybridized carbons (Fsp3) is 0.500. The van der Waals surface area contributed by atoms with Crippen molar-refractivity contribution in [1.82, 2.24) is 9.97 Å². The topological polar surface area (TPSA) is 44.2 Å². The molecule has 1 atom stereocenters. The highest BCUT2D eigenvalue weighted by Crippen LogP contribution is 2.21. The average molecular weight is 280 g/mol. The summed E-state index contributed by atoms with van der Waals surface area (Å²) in [6.07, 6.45) is 2.49. The first-order valence-electron chi connectivity index (χ1n) is 4.18. The van der Waals surface area contributed by atoms with Crippen molar-refractivity contribution >= 4 is 27.5 Å². The third-order valence-electron chi connectivity index (χ3n) is 1.84. The third-order valence-corrected chi connectivity index (χ3v) is 2.94. The second kappa shape index (κ2) is 4.42. The molecule has 1 fully saturated rings. The summed E-state index contributed by atoms with van der Waals surface area (Å²) >= 11 is 8.99. The summed E-state index contributed by atoms with van der Waals surface area (Å²) in [7, 11) is 0. The van der Waals surface area contributed by atoms with Gasteiger partial charge in [0.15, 0.2) is 5.15 Å². The Balaban J connectivity index is 2.05. The van der Waals surface area contributed by atoms with Crippen molar-refractivity contribution in [2.75, 3.05) is 13.2 Å². The quantitative estimate of drug-likeness (QED) is 0.777. The Morgan fingerprint density at radius 2 is 2.50 bits per heavy atom. The van der Waals surface area contributed by atoms with Gasteiger partial charge in [-0.2, -0.15) is 4.98 Å². The molecule has 2 heterocycles. The minimum atomic E-state index is 0.0484. The minimum Gasteiger partial charge on any atom is -0.458 e. The highest BCUT2D eigenvalue weighted by atomic mass is 79.9. The Morgan fingerprint density at radius 1 is 1.64 bits per heavy atom. The molecule has 0 radical (unpaired) electrons. The molecule has 1 aromatic rings. The number of halogens is 2. The molecule has 1 aromatic heterocycles. The van der Waals surface area contributed by atoms with Crippen LogP contribution in [0.2, 0.25) is 5.15 Å². The molecule has 1 saturated heterocycles. The van der Waals surface area contributed by atoms with E-state index in [-0.39, 0.29) is 6.10 Å². The fourth-order valence-corrected chi connectivity index (χ4v) is 1.46. The molecule has 0 spiro atoms. The molecule has 4 nitrogen and oxygen atoms in total. The van der Waals surface area contributed by atoms with Gasteiger partial charge in [-0.25, -0.2) is 4.98 Å². The van der Waals surface area contributed by atoms with Gasteiger partial charge in [-0.1, -0.05) is 11.6 Å². The summed E-state index contributed by atoms with van der Waals surface area (Å²) in [5, 5.41) is 0.355. The predicted molar refractivity (Wildman–Crippen MR) is 54.6 cm³/mol. The number of hydrogen-bond donors (Lipinski definition) is 0. The van der Waals surface area contributed by atoms with Gasteiger partial charge < -0.3 is 9.47 Å². The molecule has 0 aliphatic carbocycles. The van der Waals surface area contributed by atoms with Crippen LogP contribution in [0.4, 0.5) is 0 Å². The van der Waals surface area contributed by atoms with E-state index in [0.717, 1.165) is 13.0 Å². The summed E-state index contributed by atoms with van der Waals surface area (Å²) < 4.78 is 11.3. The Hall–Kier alpha value is -0.390. The van der Waals surface area contributed by atoms with E-state index in [1.165, 1.54) is 0 Å². The number of rotatable bonds is 2. The highest BCUT2D eigenvalue weighted by molar-refractivity contribution is 9.10. The van der Waals surface area contributed by atoms with Gasteiger partial charge in [0.25, 0.3) is 0 Å². The van der Waals surface area contributed by atoms with Crippen LogP contribution in [0.15, 0.2) is 10.7 Å². The summed E-state index contributed by atoms with van der Waals surface area (Å²) in [4.78, 5) is 7.95. The first-order valence-corrected chi connectivity index (χ1v) is 5.35. The zero-order chi connectivity index (χ0) is 9.97. The second-order valence-electron chi connectivity index (χ2n) is 2.89. The van der Waals surface area contributed by atoms with E-state index in [9.17, 15) is 0 Å². The molecule has 1 unspecified atom stereocenters. The van der Waals surface area contributed by atoms with Crippen LogP contribution in [0.5, 0.6) is 6.01 Å². The van der Waals surface area contributed by atoms with Crippen LogP contribution in [0.1, 0.15) is 6.42 Å². The fourth-order valence-electron chi connectivity index (χ4n) is 1.14. The molecule has 0 amide bonds. The molecule has 0 N–H and O–H groups in total. The van der Waals surface area contributed by atoms with Crippen LogP contribution < -0.4 is 4.74 Å². The summed E-state index contributed by atoms with van der Waals surface area (Å²) in [5.74, 6) is 0. The van der Waals surface area contributed by atoms with E-state index in [1.807, 2.05) is 0 Å². The Bertz CT molecular complexity index is 331. The van der Waals surface area contributed by atoms with Crippen molar-refractivity contribution < 1.29 is 9.47 Å². The first-order chi connectivity index (χ1) is 6.75. The van der Waals surface area contributed by atoms with Gasteiger partial charge >= 0.3 is 6.01 Å². The normalized spacial score (nSPS) is 21.1. The molecule has 0 bridgehead atoms. The molecular weight excluding hydrogens is 271 g/mol. The molecule has 76 valence electrons. The summed E-state index contributed by atoms with van der Waals surface area (Å²) in [5.41, 5.74) is 0. The van der Waals surface area contributed by atoms with Crippen molar-refractivity contribution in [1.29, 1.82) is 0 Å². The average Bonchev–Trinajstić information content (AvgIpc) is 2.64. The zero-order valence-electron chi connectivity index (χ0n) is 7.24. The molecular formula is C8H8BrClN2O2. The smallest absolute Gasteiger partial charge is 0.318 e.